The summed E-state index contributed by atoms with van der Waals surface area (Å²) in [5.74, 6) is 0. The number of carbonyl (C=O) groups is 1. The molecule has 0 aromatic carbocycles. The zero-order chi connectivity index (χ0) is 21.3. The van der Waals surface area contributed by atoms with Crippen LogP contribution in [-0.4, -0.2) is 65.5 Å². The van der Waals surface area contributed by atoms with Gasteiger partial charge in [0.15, 0.2) is 6.61 Å². The van der Waals surface area contributed by atoms with Crippen LogP contribution in [0.2, 0.25) is 0 Å². The smallest absolute Gasteiger partial charge is 0.422 e. The molecule has 0 unspecified atom stereocenters. The quantitative estimate of drug-likeness (QED) is 0.749. The summed E-state index contributed by atoms with van der Waals surface area (Å²) in [5.41, 5.74) is 0.367. The maximum Gasteiger partial charge on any atom is 0.422 e. The Balaban J connectivity index is 1.52. The van der Waals surface area contributed by atoms with E-state index in [4.69, 9.17) is 4.74 Å². The number of hydrogen-bond donors (Lipinski definition) is 0. The maximum atomic E-state index is 12.2. The van der Waals surface area contributed by atoms with Gasteiger partial charge in [-0.3, -0.25) is 0 Å². The number of hydrogen-bond acceptors (Lipinski definition) is 6. The molecule has 29 heavy (non-hydrogen) atoms. The van der Waals surface area contributed by atoms with Crippen LogP contribution in [0.1, 0.15) is 40.0 Å². The fourth-order valence-corrected chi connectivity index (χ4v) is 3.75. The maximum absolute atomic E-state index is 12.2. The number of likely N-dealkylation sites (tertiary alicyclic amines) is 1. The van der Waals surface area contributed by atoms with Gasteiger partial charge in [-0.2, -0.15) is 13.2 Å². The van der Waals surface area contributed by atoms with E-state index in [2.05, 4.69) is 19.6 Å². The topological polar surface area (TPSA) is 67.8 Å². The van der Waals surface area contributed by atoms with E-state index in [0.29, 0.717) is 13.1 Å². The van der Waals surface area contributed by atoms with E-state index in [-0.39, 0.29) is 17.5 Å². The van der Waals surface area contributed by atoms with Gasteiger partial charge in [0.25, 0.3) is 0 Å². The first-order chi connectivity index (χ1) is 13.4. The van der Waals surface area contributed by atoms with Crippen molar-refractivity contribution in [2.45, 2.75) is 51.8 Å². The largest absolute Gasteiger partial charge is 0.454 e. The van der Waals surface area contributed by atoms with Gasteiger partial charge in [0.05, 0.1) is 18.1 Å². The Kier molecular flexibility index (Phi) is 5.82. The van der Waals surface area contributed by atoms with Crippen molar-refractivity contribution in [1.29, 1.82) is 0 Å². The number of nitrogens with zero attached hydrogens (tertiary/aromatic N) is 4. The van der Waals surface area contributed by atoms with Crippen molar-refractivity contribution >= 4 is 11.8 Å². The molecule has 3 heterocycles. The number of halogens is 3. The van der Waals surface area contributed by atoms with Gasteiger partial charge in [-0.05, 0) is 45.4 Å². The molecule has 0 radical (unpaired) electrons. The number of amides is 1. The number of carbonyl (C=O) groups excluding carboxylic acids is 1. The Bertz CT molecular complexity index is 711. The Hall–Kier alpha value is -2.26. The van der Waals surface area contributed by atoms with Crippen molar-refractivity contribution in [1.82, 2.24) is 14.9 Å². The third kappa shape index (κ3) is 5.86. The van der Waals surface area contributed by atoms with Gasteiger partial charge in [-0.15, -0.1) is 0 Å². The Morgan fingerprint density at radius 2 is 1.69 bits per heavy atom. The average molecular weight is 416 g/mol. The predicted octanol–water partition coefficient (Wildman–Crippen LogP) is 3.65. The lowest BCUT2D eigenvalue weighted by Gasteiger charge is -2.39. The number of rotatable bonds is 3. The molecule has 3 rings (SSSR count). The SMILES string of the molecule is CC(C)(C)OC(=O)N1CCC2(CC1)CCN(c1cnc(OCC(F)(F)F)nc1)C2. The Labute approximate surface area is 168 Å². The summed E-state index contributed by atoms with van der Waals surface area (Å²) in [7, 11) is 0. The molecule has 10 heteroatoms. The van der Waals surface area contributed by atoms with Crippen LogP contribution < -0.4 is 9.64 Å². The minimum Gasteiger partial charge on any atom is -0.454 e. The van der Waals surface area contributed by atoms with E-state index in [0.717, 1.165) is 38.0 Å². The van der Waals surface area contributed by atoms with Crippen LogP contribution in [0.3, 0.4) is 0 Å². The second-order valence-electron chi connectivity index (χ2n) is 8.77. The predicted molar refractivity (Wildman–Crippen MR) is 99.9 cm³/mol. The zero-order valence-corrected chi connectivity index (χ0v) is 17.0. The highest BCUT2D eigenvalue weighted by atomic mass is 19.4. The molecule has 1 aromatic rings. The normalized spacial score (nSPS) is 19.5. The van der Waals surface area contributed by atoms with Crippen molar-refractivity contribution in [3.05, 3.63) is 12.4 Å². The van der Waals surface area contributed by atoms with Crippen LogP contribution in [0, 0.1) is 5.41 Å². The molecule has 2 saturated heterocycles. The molecular weight excluding hydrogens is 389 g/mol. The molecule has 1 spiro atoms. The molecule has 7 nitrogen and oxygen atoms in total. The third-order valence-corrected chi connectivity index (χ3v) is 5.26. The number of anilines is 1. The first kappa shape index (κ1) is 21.4. The van der Waals surface area contributed by atoms with E-state index in [1.165, 1.54) is 12.4 Å². The van der Waals surface area contributed by atoms with Crippen molar-refractivity contribution < 1.29 is 27.4 Å². The van der Waals surface area contributed by atoms with Crippen molar-refractivity contribution in [2.24, 2.45) is 5.41 Å². The Morgan fingerprint density at radius 3 is 2.24 bits per heavy atom. The van der Waals surface area contributed by atoms with Gasteiger partial charge in [0.1, 0.15) is 5.60 Å². The molecule has 0 saturated carbocycles. The van der Waals surface area contributed by atoms with E-state index >= 15 is 0 Å². The summed E-state index contributed by atoms with van der Waals surface area (Å²) in [5, 5.41) is 0. The molecule has 2 aliphatic heterocycles. The molecule has 0 bridgehead atoms. The summed E-state index contributed by atoms with van der Waals surface area (Å²) in [6, 6.07) is -0.286. The van der Waals surface area contributed by atoms with Gasteiger partial charge in [-0.1, -0.05) is 0 Å². The lowest BCUT2D eigenvalue weighted by atomic mass is 9.78. The van der Waals surface area contributed by atoms with Crippen LogP contribution in [0.4, 0.5) is 23.7 Å². The van der Waals surface area contributed by atoms with Gasteiger partial charge < -0.3 is 19.3 Å². The summed E-state index contributed by atoms with van der Waals surface area (Å²) in [6.45, 7) is 7.09. The van der Waals surface area contributed by atoms with Crippen LogP contribution in [-0.2, 0) is 4.74 Å². The van der Waals surface area contributed by atoms with E-state index in [9.17, 15) is 18.0 Å². The van der Waals surface area contributed by atoms with Gasteiger partial charge in [0, 0.05) is 26.2 Å². The van der Waals surface area contributed by atoms with Gasteiger partial charge in [-0.25, -0.2) is 14.8 Å². The molecule has 0 N–H and O–H groups in total. The summed E-state index contributed by atoms with van der Waals surface area (Å²) in [4.78, 5) is 23.9. The monoisotopic (exact) mass is 416 g/mol. The lowest BCUT2D eigenvalue weighted by Crippen LogP contribution is -2.46. The summed E-state index contributed by atoms with van der Waals surface area (Å²) < 4.78 is 46.6. The molecular formula is C19H27F3N4O3. The number of piperidine rings is 1. The number of alkyl halides is 3. The number of ether oxygens (including phenoxy) is 2. The summed E-state index contributed by atoms with van der Waals surface area (Å²) in [6.07, 6.45) is 1.05. The van der Waals surface area contributed by atoms with Gasteiger partial charge in [0.2, 0.25) is 0 Å². The van der Waals surface area contributed by atoms with Crippen molar-refractivity contribution in [3.8, 4) is 6.01 Å². The lowest BCUT2D eigenvalue weighted by molar-refractivity contribution is -0.154. The summed E-state index contributed by atoms with van der Waals surface area (Å²) >= 11 is 0. The molecule has 1 amide bonds. The highest BCUT2D eigenvalue weighted by molar-refractivity contribution is 5.68. The molecule has 2 aliphatic rings. The fraction of sp³-hybridized carbons (Fsp3) is 0.737. The van der Waals surface area contributed by atoms with Crippen LogP contribution in [0.5, 0.6) is 6.01 Å². The van der Waals surface area contributed by atoms with Crippen LogP contribution in [0.25, 0.3) is 0 Å². The highest BCUT2D eigenvalue weighted by Gasteiger charge is 2.42. The molecule has 0 atom stereocenters. The first-order valence-corrected chi connectivity index (χ1v) is 9.69. The van der Waals surface area contributed by atoms with Crippen molar-refractivity contribution in [3.63, 3.8) is 0 Å². The van der Waals surface area contributed by atoms with Gasteiger partial charge >= 0.3 is 18.3 Å². The van der Waals surface area contributed by atoms with Crippen LogP contribution >= 0.6 is 0 Å². The second-order valence-corrected chi connectivity index (χ2v) is 8.77. The third-order valence-electron chi connectivity index (χ3n) is 5.26. The molecule has 1 aromatic heterocycles. The first-order valence-electron chi connectivity index (χ1n) is 9.69. The van der Waals surface area contributed by atoms with Crippen LogP contribution in [0.15, 0.2) is 12.4 Å². The molecule has 0 aliphatic carbocycles. The minimum absolute atomic E-state index is 0.115. The molecule has 162 valence electrons. The van der Waals surface area contributed by atoms with E-state index in [1.54, 1.807) is 4.90 Å². The van der Waals surface area contributed by atoms with E-state index < -0.39 is 18.4 Å². The second kappa shape index (κ2) is 7.87. The molecule has 2 fully saturated rings. The standard InChI is InChI=1S/C19H27F3N4O3/c1-17(2,3)29-16(27)25-7-4-18(5-8-25)6-9-26(12-18)14-10-23-15(24-11-14)28-13-19(20,21)22/h10-11H,4-9,12-13H2,1-3H3. The zero-order valence-electron chi connectivity index (χ0n) is 17.0. The fourth-order valence-electron chi connectivity index (χ4n) is 3.75. The average Bonchev–Trinajstić information content (AvgIpc) is 3.02. The highest BCUT2D eigenvalue weighted by Crippen LogP contribution is 2.42. The Morgan fingerprint density at radius 1 is 1.10 bits per heavy atom. The number of aromatic nitrogens is 2. The van der Waals surface area contributed by atoms with E-state index in [1.807, 2.05) is 20.8 Å². The van der Waals surface area contributed by atoms with Crippen molar-refractivity contribution in [2.75, 3.05) is 37.7 Å². The minimum atomic E-state index is -4.42.